The van der Waals surface area contributed by atoms with E-state index in [9.17, 15) is 0 Å². The first kappa shape index (κ1) is 9.34. The second kappa shape index (κ2) is 3.60. The fourth-order valence-corrected chi connectivity index (χ4v) is 2.12. The Hall–Kier alpha value is -1.89. The Labute approximate surface area is 94.7 Å². The summed E-state index contributed by atoms with van der Waals surface area (Å²) in [5.41, 5.74) is 0.583. The highest BCUT2D eigenvalue weighted by Crippen LogP contribution is 2.29. The predicted molar refractivity (Wildman–Crippen MR) is 56.9 cm³/mol. The Morgan fingerprint density at radius 3 is 3.12 bits per heavy atom. The van der Waals surface area contributed by atoms with Crippen LogP contribution in [0, 0.1) is 0 Å². The lowest BCUT2D eigenvalue weighted by molar-refractivity contribution is 0.601. The van der Waals surface area contributed by atoms with E-state index in [2.05, 4.69) is 20.2 Å². The normalized spacial score (nSPS) is 11.1. The van der Waals surface area contributed by atoms with Gasteiger partial charge in [-0.25, -0.2) is 9.97 Å². The van der Waals surface area contributed by atoms with Crippen LogP contribution in [0.1, 0.15) is 0 Å². The van der Waals surface area contributed by atoms with Gasteiger partial charge in [0.05, 0.1) is 11.6 Å². The van der Waals surface area contributed by atoms with Crippen LogP contribution in [0.3, 0.4) is 0 Å². The van der Waals surface area contributed by atoms with Crippen molar-refractivity contribution in [3.8, 4) is 0 Å². The first-order valence-electron chi connectivity index (χ1n) is 4.54. The summed E-state index contributed by atoms with van der Waals surface area (Å²) in [6, 6.07) is 1.84. The molecule has 0 bridgehead atoms. The number of hydrogen-bond acceptors (Lipinski definition) is 6. The number of rotatable bonds is 2. The van der Waals surface area contributed by atoms with Gasteiger partial charge < -0.3 is 8.98 Å². The summed E-state index contributed by atoms with van der Waals surface area (Å²) >= 11 is 1.43. The van der Waals surface area contributed by atoms with Crippen LogP contribution in [0.5, 0.6) is 0 Å². The summed E-state index contributed by atoms with van der Waals surface area (Å²) in [6.45, 7) is 0. The van der Waals surface area contributed by atoms with Crippen LogP contribution >= 0.6 is 11.8 Å². The van der Waals surface area contributed by atoms with Gasteiger partial charge in [-0.2, -0.15) is 0 Å². The number of fused-ring (bicyclic) bond motifs is 1. The topological polar surface area (TPSA) is 69.6 Å². The van der Waals surface area contributed by atoms with Crippen LogP contribution in [0.4, 0.5) is 0 Å². The molecule has 16 heavy (non-hydrogen) atoms. The van der Waals surface area contributed by atoms with Gasteiger partial charge in [0.1, 0.15) is 17.7 Å². The Morgan fingerprint density at radius 1 is 1.38 bits per heavy atom. The minimum absolute atomic E-state index is 0.583. The van der Waals surface area contributed by atoms with Crippen LogP contribution in [-0.4, -0.2) is 24.7 Å². The predicted octanol–water partition coefficient (Wildman–Crippen LogP) is 1.50. The van der Waals surface area contributed by atoms with E-state index in [1.54, 1.807) is 12.6 Å². The van der Waals surface area contributed by atoms with Crippen molar-refractivity contribution in [3.05, 3.63) is 25.0 Å². The molecule has 0 aromatic carbocycles. The zero-order valence-corrected chi connectivity index (χ0v) is 9.18. The number of hydrogen-bond donors (Lipinski definition) is 0. The average molecular weight is 233 g/mol. The van der Waals surface area contributed by atoms with Gasteiger partial charge in [-0.15, -0.1) is 10.2 Å². The summed E-state index contributed by atoms with van der Waals surface area (Å²) in [5, 5.41) is 10.3. The molecule has 0 fully saturated rings. The number of aryl methyl sites for hydroxylation is 1. The van der Waals surface area contributed by atoms with Crippen molar-refractivity contribution >= 4 is 22.9 Å². The van der Waals surface area contributed by atoms with Gasteiger partial charge in [-0.1, -0.05) is 0 Å². The second-order valence-corrected chi connectivity index (χ2v) is 4.10. The monoisotopic (exact) mass is 233 g/mol. The summed E-state index contributed by atoms with van der Waals surface area (Å²) in [7, 11) is 1.89. The fraction of sp³-hybridized carbons (Fsp3) is 0.111. The molecule has 6 nitrogen and oxygen atoms in total. The number of furan rings is 1. The Bertz CT molecular complexity index is 631. The van der Waals surface area contributed by atoms with Gasteiger partial charge in [0.25, 0.3) is 0 Å². The molecular formula is C9H7N5OS. The van der Waals surface area contributed by atoms with Crippen LogP contribution in [0.15, 0.2) is 39.6 Å². The van der Waals surface area contributed by atoms with E-state index < -0.39 is 0 Å². The molecule has 3 aromatic heterocycles. The average Bonchev–Trinajstić information content (AvgIpc) is 2.89. The van der Waals surface area contributed by atoms with Crippen molar-refractivity contribution in [1.29, 1.82) is 0 Å². The molecule has 0 saturated carbocycles. The van der Waals surface area contributed by atoms with Crippen LogP contribution in [0.2, 0.25) is 0 Å². The highest BCUT2D eigenvalue weighted by molar-refractivity contribution is 7.99. The molecule has 0 radical (unpaired) electrons. The van der Waals surface area contributed by atoms with Gasteiger partial charge in [-0.3, -0.25) is 0 Å². The SMILES string of the molecule is Cn1cnnc1Sc1ncnc2occc12. The molecule has 0 amide bonds. The zero-order chi connectivity index (χ0) is 11.0. The smallest absolute Gasteiger partial charge is 0.230 e. The minimum atomic E-state index is 0.583. The van der Waals surface area contributed by atoms with Gasteiger partial charge in [0.2, 0.25) is 5.71 Å². The lowest BCUT2D eigenvalue weighted by Crippen LogP contribution is -1.90. The van der Waals surface area contributed by atoms with Gasteiger partial charge in [0.15, 0.2) is 5.16 Å². The highest BCUT2D eigenvalue weighted by Gasteiger charge is 2.10. The lowest BCUT2D eigenvalue weighted by atomic mass is 10.4. The van der Waals surface area contributed by atoms with E-state index in [-0.39, 0.29) is 0 Å². The van der Waals surface area contributed by atoms with E-state index in [1.165, 1.54) is 18.1 Å². The van der Waals surface area contributed by atoms with E-state index >= 15 is 0 Å². The number of aromatic nitrogens is 5. The summed E-state index contributed by atoms with van der Waals surface area (Å²) in [4.78, 5) is 8.23. The molecular weight excluding hydrogens is 226 g/mol. The Kier molecular flexibility index (Phi) is 2.10. The van der Waals surface area contributed by atoms with E-state index in [0.717, 1.165) is 15.6 Å². The lowest BCUT2D eigenvalue weighted by Gasteiger charge is -1.99. The molecule has 7 heteroatoms. The molecule has 0 unspecified atom stereocenters. The maximum Gasteiger partial charge on any atom is 0.230 e. The van der Waals surface area contributed by atoms with E-state index in [4.69, 9.17) is 4.42 Å². The van der Waals surface area contributed by atoms with Crippen molar-refractivity contribution in [2.45, 2.75) is 10.2 Å². The van der Waals surface area contributed by atoms with Crippen molar-refractivity contribution < 1.29 is 4.42 Å². The largest absolute Gasteiger partial charge is 0.446 e. The van der Waals surface area contributed by atoms with Crippen LogP contribution < -0.4 is 0 Å². The van der Waals surface area contributed by atoms with Crippen molar-refractivity contribution in [2.75, 3.05) is 0 Å². The molecule has 3 aromatic rings. The van der Waals surface area contributed by atoms with E-state index in [1.807, 2.05) is 17.7 Å². The van der Waals surface area contributed by atoms with Gasteiger partial charge >= 0.3 is 0 Å². The van der Waals surface area contributed by atoms with Gasteiger partial charge in [-0.05, 0) is 17.8 Å². The molecule has 0 aliphatic rings. The summed E-state index contributed by atoms with van der Waals surface area (Å²) in [6.07, 6.45) is 4.72. The number of nitrogens with zero attached hydrogens (tertiary/aromatic N) is 5. The molecule has 0 spiro atoms. The zero-order valence-electron chi connectivity index (χ0n) is 8.36. The molecule has 0 N–H and O–H groups in total. The van der Waals surface area contributed by atoms with Crippen LogP contribution in [-0.2, 0) is 7.05 Å². The van der Waals surface area contributed by atoms with Crippen molar-refractivity contribution in [2.24, 2.45) is 7.05 Å². The maximum absolute atomic E-state index is 5.20. The molecule has 0 saturated heterocycles. The third-order valence-electron chi connectivity index (χ3n) is 2.08. The quantitative estimate of drug-likeness (QED) is 0.625. The summed E-state index contributed by atoms with van der Waals surface area (Å²) < 4.78 is 7.03. The Balaban J connectivity index is 2.07. The third kappa shape index (κ3) is 1.45. The first-order valence-corrected chi connectivity index (χ1v) is 5.36. The fourth-order valence-electron chi connectivity index (χ4n) is 1.30. The molecule has 80 valence electrons. The maximum atomic E-state index is 5.20. The van der Waals surface area contributed by atoms with Crippen molar-refractivity contribution in [3.63, 3.8) is 0 Å². The molecule has 0 atom stereocenters. The van der Waals surface area contributed by atoms with Gasteiger partial charge in [0, 0.05) is 7.05 Å². The third-order valence-corrected chi connectivity index (χ3v) is 3.15. The minimum Gasteiger partial charge on any atom is -0.446 e. The van der Waals surface area contributed by atoms with E-state index in [0.29, 0.717) is 5.71 Å². The molecule has 0 aliphatic heterocycles. The van der Waals surface area contributed by atoms with Crippen molar-refractivity contribution in [1.82, 2.24) is 24.7 Å². The second-order valence-electron chi connectivity index (χ2n) is 3.14. The standard InChI is InChI=1S/C9H7N5OS/c1-14-5-12-13-9(14)16-8-6-2-3-15-7(6)10-4-11-8/h2-5H,1H3. The van der Waals surface area contributed by atoms with Crippen LogP contribution in [0.25, 0.3) is 11.1 Å². The summed E-state index contributed by atoms with van der Waals surface area (Å²) in [5.74, 6) is 0. The molecule has 3 heterocycles. The first-order chi connectivity index (χ1) is 7.84. The Morgan fingerprint density at radius 2 is 2.31 bits per heavy atom. The molecule has 0 aliphatic carbocycles. The molecule has 3 rings (SSSR count). The highest BCUT2D eigenvalue weighted by atomic mass is 32.2.